The van der Waals surface area contributed by atoms with Crippen molar-refractivity contribution in [1.82, 2.24) is 9.62 Å². The van der Waals surface area contributed by atoms with Crippen molar-refractivity contribution >= 4 is 21.7 Å². The van der Waals surface area contributed by atoms with E-state index in [0.29, 0.717) is 19.6 Å². The molecule has 1 aliphatic heterocycles. The number of nitrogens with one attached hydrogen (secondary N) is 2. The number of anilines is 1. The number of hydrogen-bond acceptors (Lipinski definition) is 3. The zero-order valence-corrected chi connectivity index (χ0v) is 14.2. The van der Waals surface area contributed by atoms with E-state index in [1.165, 1.54) is 12.1 Å². The van der Waals surface area contributed by atoms with Crippen LogP contribution in [0.4, 0.5) is 14.9 Å². The van der Waals surface area contributed by atoms with E-state index in [9.17, 15) is 17.6 Å². The number of benzene rings is 1. The molecule has 1 heterocycles. The van der Waals surface area contributed by atoms with Crippen molar-refractivity contribution < 1.29 is 17.6 Å². The van der Waals surface area contributed by atoms with Gasteiger partial charge in [-0.1, -0.05) is 12.1 Å². The molecule has 0 radical (unpaired) electrons. The number of piperidine rings is 1. The van der Waals surface area contributed by atoms with Crippen molar-refractivity contribution in [2.24, 2.45) is 5.92 Å². The zero-order chi connectivity index (χ0) is 17.2. The second-order valence-electron chi connectivity index (χ2n) is 6.40. The lowest BCUT2D eigenvalue weighted by Crippen LogP contribution is -2.43. The van der Waals surface area contributed by atoms with E-state index >= 15 is 0 Å². The first-order chi connectivity index (χ1) is 11.5. The van der Waals surface area contributed by atoms with Crippen LogP contribution in [0, 0.1) is 11.7 Å². The second kappa shape index (κ2) is 7.06. The minimum absolute atomic E-state index is 0.139. The van der Waals surface area contributed by atoms with Crippen LogP contribution in [-0.2, 0) is 10.0 Å². The number of urea groups is 1. The summed E-state index contributed by atoms with van der Waals surface area (Å²) < 4.78 is 39.4. The Morgan fingerprint density at radius 3 is 2.46 bits per heavy atom. The number of amides is 2. The van der Waals surface area contributed by atoms with Gasteiger partial charge in [-0.2, -0.15) is 0 Å². The van der Waals surface area contributed by atoms with Gasteiger partial charge in [0.25, 0.3) is 0 Å². The predicted octanol–water partition coefficient (Wildman–Crippen LogP) is 2.15. The second-order valence-corrected chi connectivity index (χ2v) is 8.61. The molecule has 0 atom stereocenters. The number of nitrogens with zero attached hydrogens (tertiary/aromatic N) is 1. The molecule has 1 aromatic carbocycles. The average molecular weight is 355 g/mol. The van der Waals surface area contributed by atoms with Crippen LogP contribution in [0.1, 0.15) is 25.7 Å². The van der Waals surface area contributed by atoms with Crippen LogP contribution < -0.4 is 10.6 Å². The van der Waals surface area contributed by atoms with Gasteiger partial charge >= 0.3 is 6.03 Å². The van der Waals surface area contributed by atoms with E-state index in [1.807, 2.05) is 0 Å². The molecule has 0 bridgehead atoms. The van der Waals surface area contributed by atoms with E-state index in [4.69, 9.17) is 0 Å². The lowest BCUT2D eigenvalue weighted by Gasteiger charge is -2.31. The molecule has 1 saturated heterocycles. The molecule has 6 nitrogen and oxygen atoms in total. The normalized spacial score (nSPS) is 19.9. The van der Waals surface area contributed by atoms with Gasteiger partial charge in [-0.15, -0.1) is 0 Å². The lowest BCUT2D eigenvalue weighted by atomic mass is 9.98. The number of para-hydroxylation sites is 1. The average Bonchev–Trinajstić information content (AvgIpc) is 3.41. The summed E-state index contributed by atoms with van der Waals surface area (Å²) in [7, 11) is -3.10. The van der Waals surface area contributed by atoms with E-state index < -0.39 is 21.9 Å². The van der Waals surface area contributed by atoms with E-state index in [-0.39, 0.29) is 16.9 Å². The number of sulfonamides is 1. The van der Waals surface area contributed by atoms with Crippen molar-refractivity contribution in [2.75, 3.05) is 25.0 Å². The van der Waals surface area contributed by atoms with Gasteiger partial charge < -0.3 is 10.6 Å². The van der Waals surface area contributed by atoms with Crippen molar-refractivity contribution in [3.8, 4) is 0 Å². The summed E-state index contributed by atoms with van der Waals surface area (Å²) in [6.07, 6.45) is 3.01. The minimum atomic E-state index is -3.10. The van der Waals surface area contributed by atoms with Gasteiger partial charge in [0.2, 0.25) is 10.0 Å². The SMILES string of the molecule is O=C(NCC1CCN(S(=O)(=O)C2CC2)CC1)Nc1ccccc1F. The Morgan fingerprint density at radius 2 is 1.83 bits per heavy atom. The number of carbonyl (C=O) groups is 1. The molecule has 0 unspecified atom stereocenters. The van der Waals surface area contributed by atoms with Gasteiger partial charge in [0.1, 0.15) is 5.82 Å². The van der Waals surface area contributed by atoms with Gasteiger partial charge in [-0.3, -0.25) is 0 Å². The van der Waals surface area contributed by atoms with Gasteiger partial charge in [-0.25, -0.2) is 21.9 Å². The molecule has 8 heteroatoms. The Balaban J connectivity index is 1.42. The third kappa shape index (κ3) is 4.05. The van der Waals surface area contributed by atoms with E-state index in [2.05, 4.69) is 10.6 Å². The van der Waals surface area contributed by atoms with Crippen LogP contribution >= 0.6 is 0 Å². The van der Waals surface area contributed by atoms with Crippen LogP contribution in [-0.4, -0.2) is 43.6 Å². The molecule has 24 heavy (non-hydrogen) atoms. The smallest absolute Gasteiger partial charge is 0.319 e. The molecule has 0 aromatic heterocycles. The fourth-order valence-electron chi connectivity index (χ4n) is 2.91. The van der Waals surface area contributed by atoms with Gasteiger partial charge in [0, 0.05) is 19.6 Å². The fraction of sp³-hybridized carbons (Fsp3) is 0.562. The number of carbonyl (C=O) groups excluding carboxylic acids is 1. The summed E-state index contributed by atoms with van der Waals surface area (Å²) in [4.78, 5) is 11.8. The summed E-state index contributed by atoms with van der Waals surface area (Å²) in [5, 5.41) is 5.04. The maximum atomic E-state index is 13.5. The Morgan fingerprint density at radius 1 is 1.17 bits per heavy atom. The molecule has 2 fully saturated rings. The predicted molar refractivity (Wildman–Crippen MR) is 89.7 cm³/mol. The Kier molecular flexibility index (Phi) is 5.05. The Bertz CT molecular complexity index is 698. The van der Waals surface area contributed by atoms with Crippen molar-refractivity contribution in [2.45, 2.75) is 30.9 Å². The van der Waals surface area contributed by atoms with Crippen LogP contribution in [0.5, 0.6) is 0 Å². The number of halogens is 1. The number of hydrogen-bond donors (Lipinski definition) is 2. The Labute approximate surface area is 141 Å². The van der Waals surface area contributed by atoms with Crippen LogP contribution in [0.3, 0.4) is 0 Å². The summed E-state index contributed by atoms with van der Waals surface area (Å²) in [6, 6.07) is 5.53. The molecule has 1 aromatic rings. The third-order valence-electron chi connectivity index (χ3n) is 4.55. The molecule has 2 aliphatic rings. The minimum Gasteiger partial charge on any atom is -0.338 e. The topological polar surface area (TPSA) is 78.5 Å². The van der Waals surface area contributed by atoms with E-state index in [0.717, 1.165) is 25.7 Å². The molecule has 1 aliphatic carbocycles. The largest absolute Gasteiger partial charge is 0.338 e. The maximum Gasteiger partial charge on any atom is 0.319 e. The third-order valence-corrected chi connectivity index (χ3v) is 6.95. The summed E-state index contributed by atoms with van der Waals surface area (Å²) in [6.45, 7) is 1.48. The summed E-state index contributed by atoms with van der Waals surface area (Å²) in [5.74, 6) is -0.242. The molecule has 2 amide bonds. The van der Waals surface area contributed by atoms with Crippen molar-refractivity contribution in [3.63, 3.8) is 0 Å². The fourth-order valence-corrected chi connectivity index (χ4v) is 4.78. The van der Waals surface area contributed by atoms with Crippen molar-refractivity contribution in [1.29, 1.82) is 0 Å². The maximum absolute atomic E-state index is 13.5. The van der Waals surface area contributed by atoms with Gasteiger partial charge in [0.05, 0.1) is 10.9 Å². The summed E-state index contributed by atoms with van der Waals surface area (Å²) >= 11 is 0. The highest BCUT2D eigenvalue weighted by Gasteiger charge is 2.41. The van der Waals surface area contributed by atoms with Crippen LogP contribution in [0.25, 0.3) is 0 Å². The molecular weight excluding hydrogens is 333 g/mol. The highest BCUT2D eigenvalue weighted by Crippen LogP contribution is 2.33. The lowest BCUT2D eigenvalue weighted by molar-refractivity contribution is 0.240. The van der Waals surface area contributed by atoms with Crippen LogP contribution in [0.2, 0.25) is 0 Å². The highest BCUT2D eigenvalue weighted by atomic mass is 32.2. The Hall–Kier alpha value is -1.67. The van der Waals surface area contributed by atoms with Gasteiger partial charge in [-0.05, 0) is 43.7 Å². The monoisotopic (exact) mass is 355 g/mol. The number of rotatable bonds is 5. The molecule has 3 rings (SSSR count). The highest BCUT2D eigenvalue weighted by molar-refractivity contribution is 7.90. The molecule has 1 saturated carbocycles. The van der Waals surface area contributed by atoms with Gasteiger partial charge in [0.15, 0.2) is 0 Å². The molecule has 132 valence electrons. The first kappa shape index (κ1) is 17.2. The zero-order valence-electron chi connectivity index (χ0n) is 13.4. The molecule has 2 N–H and O–H groups in total. The molecule has 0 spiro atoms. The van der Waals surface area contributed by atoms with Crippen LogP contribution in [0.15, 0.2) is 24.3 Å². The quantitative estimate of drug-likeness (QED) is 0.849. The first-order valence-electron chi connectivity index (χ1n) is 8.25. The first-order valence-corrected chi connectivity index (χ1v) is 9.75. The standard InChI is InChI=1S/C16H22FN3O3S/c17-14-3-1-2-4-15(14)19-16(21)18-11-12-7-9-20(10-8-12)24(22,23)13-5-6-13/h1-4,12-13H,5-11H2,(H2,18,19,21). The van der Waals surface area contributed by atoms with Crippen molar-refractivity contribution in [3.05, 3.63) is 30.1 Å². The summed E-state index contributed by atoms with van der Waals surface area (Å²) in [5.41, 5.74) is 0.139. The van der Waals surface area contributed by atoms with E-state index in [1.54, 1.807) is 16.4 Å². The molecular formula is C16H22FN3O3S.